The zero-order chi connectivity index (χ0) is 10.8. The number of hydrogen-bond donors (Lipinski definition) is 0. The van der Waals surface area contributed by atoms with Crippen molar-refractivity contribution in [3.8, 4) is 6.07 Å². The van der Waals surface area contributed by atoms with Crippen LogP contribution in [0.2, 0.25) is 0 Å². The van der Waals surface area contributed by atoms with Gasteiger partial charge in [0.15, 0.2) is 5.79 Å². The van der Waals surface area contributed by atoms with Gasteiger partial charge in [-0.15, -0.1) is 0 Å². The van der Waals surface area contributed by atoms with E-state index in [0.717, 1.165) is 25.7 Å². The largest absolute Gasteiger partial charge is 0.383 e. The van der Waals surface area contributed by atoms with Crippen molar-refractivity contribution in [1.29, 1.82) is 5.26 Å². The summed E-state index contributed by atoms with van der Waals surface area (Å²) < 4.78 is 16.4. The summed E-state index contributed by atoms with van der Waals surface area (Å²) in [5, 5.41) is 9.19. The molecule has 0 aromatic carbocycles. The summed E-state index contributed by atoms with van der Waals surface area (Å²) in [7, 11) is 1.64. The molecule has 2 aliphatic rings. The van der Waals surface area contributed by atoms with Gasteiger partial charge in [-0.25, -0.2) is 0 Å². The maximum Gasteiger partial charge on any atom is 0.168 e. The minimum absolute atomic E-state index is 0.324. The number of nitriles is 1. The lowest BCUT2D eigenvalue weighted by molar-refractivity contribution is -0.190. The predicted molar refractivity (Wildman–Crippen MR) is 53.0 cm³/mol. The summed E-state index contributed by atoms with van der Waals surface area (Å²) >= 11 is 0. The first-order valence-electron chi connectivity index (χ1n) is 5.42. The lowest BCUT2D eigenvalue weighted by Crippen LogP contribution is -2.41. The van der Waals surface area contributed by atoms with Crippen molar-refractivity contribution in [2.24, 2.45) is 5.41 Å². The Bertz CT molecular complexity index is 255. The summed E-state index contributed by atoms with van der Waals surface area (Å²) in [5.41, 5.74) is -0.324. The van der Waals surface area contributed by atoms with Crippen LogP contribution in [0.4, 0.5) is 0 Å². The van der Waals surface area contributed by atoms with Crippen molar-refractivity contribution < 1.29 is 14.2 Å². The van der Waals surface area contributed by atoms with E-state index < -0.39 is 0 Å². The van der Waals surface area contributed by atoms with E-state index >= 15 is 0 Å². The molecule has 4 heteroatoms. The molecule has 1 spiro atoms. The van der Waals surface area contributed by atoms with Gasteiger partial charge in [0, 0.05) is 20.0 Å². The van der Waals surface area contributed by atoms with Crippen LogP contribution in [-0.4, -0.2) is 32.7 Å². The molecule has 1 aliphatic heterocycles. The fraction of sp³-hybridized carbons (Fsp3) is 0.909. The van der Waals surface area contributed by atoms with Crippen LogP contribution in [0.5, 0.6) is 0 Å². The van der Waals surface area contributed by atoms with Gasteiger partial charge < -0.3 is 14.2 Å². The molecule has 0 N–H and O–H groups in total. The maximum absolute atomic E-state index is 9.19. The van der Waals surface area contributed by atoms with E-state index in [9.17, 15) is 5.26 Å². The lowest BCUT2D eigenvalue weighted by atomic mass is 9.73. The Hall–Kier alpha value is -0.630. The Kier molecular flexibility index (Phi) is 2.96. The molecule has 1 aliphatic carbocycles. The number of ether oxygens (including phenoxy) is 3. The molecule has 15 heavy (non-hydrogen) atoms. The molecule has 0 bridgehead atoms. The second-order valence-corrected chi connectivity index (χ2v) is 4.43. The molecule has 1 heterocycles. The van der Waals surface area contributed by atoms with Crippen molar-refractivity contribution in [2.75, 3.05) is 26.9 Å². The fourth-order valence-corrected chi connectivity index (χ4v) is 2.46. The van der Waals surface area contributed by atoms with Crippen LogP contribution in [0, 0.1) is 16.7 Å². The normalized spacial score (nSPS) is 27.7. The van der Waals surface area contributed by atoms with Crippen LogP contribution in [-0.2, 0) is 14.2 Å². The third-order valence-electron chi connectivity index (χ3n) is 3.44. The van der Waals surface area contributed by atoms with Gasteiger partial charge in [-0.3, -0.25) is 0 Å². The minimum atomic E-state index is -0.381. The number of rotatable bonds is 2. The van der Waals surface area contributed by atoms with Gasteiger partial charge >= 0.3 is 0 Å². The highest BCUT2D eigenvalue weighted by atomic mass is 16.7. The van der Waals surface area contributed by atoms with Gasteiger partial charge in [0.2, 0.25) is 0 Å². The van der Waals surface area contributed by atoms with Crippen LogP contribution >= 0.6 is 0 Å². The third-order valence-corrected chi connectivity index (χ3v) is 3.44. The van der Waals surface area contributed by atoms with Gasteiger partial charge in [-0.05, 0) is 12.8 Å². The molecule has 2 fully saturated rings. The van der Waals surface area contributed by atoms with Gasteiger partial charge in [-0.2, -0.15) is 5.26 Å². The summed E-state index contributed by atoms with van der Waals surface area (Å²) in [6.45, 7) is 1.88. The third kappa shape index (κ3) is 2.00. The van der Waals surface area contributed by atoms with Gasteiger partial charge in [0.05, 0.1) is 31.3 Å². The second-order valence-electron chi connectivity index (χ2n) is 4.43. The first kappa shape index (κ1) is 10.9. The molecule has 0 amide bonds. The van der Waals surface area contributed by atoms with Gasteiger partial charge in [0.1, 0.15) is 0 Å². The lowest BCUT2D eigenvalue weighted by Gasteiger charge is -2.39. The summed E-state index contributed by atoms with van der Waals surface area (Å²) in [6, 6.07) is 2.39. The summed E-state index contributed by atoms with van der Waals surface area (Å²) in [4.78, 5) is 0. The zero-order valence-corrected chi connectivity index (χ0v) is 9.12. The van der Waals surface area contributed by atoms with Crippen molar-refractivity contribution in [3.05, 3.63) is 0 Å². The van der Waals surface area contributed by atoms with Crippen LogP contribution in [0.3, 0.4) is 0 Å². The first-order chi connectivity index (χ1) is 7.24. The van der Waals surface area contributed by atoms with Crippen molar-refractivity contribution in [3.63, 3.8) is 0 Å². The van der Waals surface area contributed by atoms with Gasteiger partial charge in [-0.1, -0.05) is 0 Å². The summed E-state index contributed by atoms with van der Waals surface area (Å²) in [6.07, 6.45) is 3.22. The molecule has 1 saturated heterocycles. The zero-order valence-electron chi connectivity index (χ0n) is 9.12. The Morgan fingerprint density at radius 1 is 1.20 bits per heavy atom. The highest BCUT2D eigenvalue weighted by Gasteiger charge is 2.46. The molecule has 0 aromatic heterocycles. The van der Waals surface area contributed by atoms with Crippen LogP contribution in [0.1, 0.15) is 25.7 Å². The van der Waals surface area contributed by atoms with E-state index in [1.807, 2.05) is 0 Å². The Labute approximate surface area is 90.1 Å². The molecule has 1 saturated carbocycles. The Morgan fingerprint density at radius 2 is 1.80 bits per heavy atom. The molecule has 2 rings (SSSR count). The fourth-order valence-electron chi connectivity index (χ4n) is 2.46. The molecule has 0 atom stereocenters. The Morgan fingerprint density at radius 3 is 2.27 bits per heavy atom. The molecular formula is C11H17NO3. The van der Waals surface area contributed by atoms with E-state index in [1.54, 1.807) is 7.11 Å². The van der Waals surface area contributed by atoms with Crippen molar-refractivity contribution in [1.82, 2.24) is 0 Å². The maximum atomic E-state index is 9.19. The van der Waals surface area contributed by atoms with E-state index in [0.29, 0.717) is 19.8 Å². The second kappa shape index (κ2) is 4.09. The molecule has 84 valence electrons. The monoisotopic (exact) mass is 211 g/mol. The molecule has 4 nitrogen and oxygen atoms in total. The quantitative estimate of drug-likeness (QED) is 0.694. The van der Waals surface area contributed by atoms with Gasteiger partial charge in [0.25, 0.3) is 0 Å². The molecular weight excluding hydrogens is 194 g/mol. The van der Waals surface area contributed by atoms with E-state index in [2.05, 4.69) is 6.07 Å². The van der Waals surface area contributed by atoms with Crippen molar-refractivity contribution in [2.45, 2.75) is 31.5 Å². The highest BCUT2D eigenvalue weighted by molar-refractivity contribution is 5.03. The van der Waals surface area contributed by atoms with Crippen LogP contribution in [0.15, 0.2) is 0 Å². The minimum Gasteiger partial charge on any atom is -0.383 e. The molecule has 0 unspecified atom stereocenters. The van der Waals surface area contributed by atoms with E-state index in [1.165, 1.54) is 0 Å². The Balaban J connectivity index is 1.98. The first-order valence-corrected chi connectivity index (χ1v) is 5.42. The summed E-state index contributed by atoms with van der Waals surface area (Å²) in [5.74, 6) is -0.381. The highest BCUT2D eigenvalue weighted by Crippen LogP contribution is 2.44. The number of methoxy groups -OCH3 is 1. The predicted octanol–water partition coefficient (Wildman–Crippen LogP) is 1.46. The number of hydrogen-bond acceptors (Lipinski definition) is 4. The molecule has 0 radical (unpaired) electrons. The average molecular weight is 211 g/mol. The molecule has 0 aromatic rings. The van der Waals surface area contributed by atoms with Crippen molar-refractivity contribution >= 4 is 0 Å². The van der Waals surface area contributed by atoms with Crippen LogP contribution < -0.4 is 0 Å². The smallest absolute Gasteiger partial charge is 0.168 e. The van der Waals surface area contributed by atoms with E-state index in [4.69, 9.17) is 14.2 Å². The van der Waals surface area contributed by atoms with E-state index in [-0.39, 0.29) is 11.2 Å². The van der Waals surface area contributed by atoms with Crippen LogP contribution in [0.25, 0.3) is 0 Å². The SMILES string of the molecule is COCC1(C#N)CCC2(CC1)OCCO2. The standard InChI is InChI=1S/C11H17NO3/c1-13-9-10(8-12)2-4-11(5-3-10)14-6-7-15-11/h2-7,9H2,1H3. The number of nitrogens with zero attached hydrogens (tertiary/aromatic N) is 1. The topological polar surface area (TPSA) is 51.5 Å². The average Bonchev–Trinajstić information content (AvgIpc) is 2.72.